The minimum atomic E-state index is -0.747. The topological polar surface area (TPSA) is 68.4 Å². The maximum Gasteiger partial charge on any atom is 0.256 e. The average Bonchev–Trinajstić information content (AvgIpc) is 3.23. The standard InChI is InChI=1S/C32H36FN5O3S/c1-41-28-14-10-26(11-15-28)34-30(39)22-29-31(40)38(27-12-8-25(33)9-13-27)32(42)37(29)17-5-16-35-18-20-36(21-19-35)23-24-6-3-2-4-7-24/h2-4,6-15,29H,5,16-23H2,1H3,(H,34,39)/t29-/m0/s1. The third-order valence-corrected chi connectivity index (χ3v) is 8.16. The maximum absolute atomic E-state index is 13.6. The van der Waals surface area contributed by atoms with Crippen LogP contribution in [0.25, 0.3) is 0 Å². The molecule has 2 aliphatic heterocycles. The molecule has 0 saturated carbocycles. The summed E-state index contributed by atoms with van der Waals surface area (Å²) in [4.78, 5) is 34.8. The third kappa shape index (κ3) is 7.31. The fraction of sp³-hybridized carbons (Fsp3) is 0.344. The van der Waals surface area contributed by atoms with Gasteiger partial charge < -0.3 is 19.9 Å². The maximum atomic E-state index is 13.6. The zero-order chi connectivity index (χ0) is 29.5. The number of ether oxygens (including phenoxy) is 1. The number of nitrogens with one attached hydrogen (secondary N) is 1. The van der Waals surface area contributed by atoms with Crippen LogP contribution in [0.2, 0.25) is 0 Å². The SMILES string of the molecule is COc1ccc(NC(=O)C[C@H]2C(=O)N(c3ccc(F)cc3)C(=S)N2CCCN2CCN(Cc3ccccc3)CC2)cc1. The van der Waals surface area contributed by atoms with E-state index in [0.29, 0.717) is 28.8 Å². The summed E-state index contributed by atoms with van der Waals surface area (Å²) < 4.78 is 18.8. The molecule has 2 aliphatic rings. The van der Waals surface area contributed by atoms with E-state index in [1.165, 1.54) is 34.7 Å². The first-order chi connectivity index (χ1) is 20.4. The van der Waals surface area contributed by atoms with Crippen molar-refractivity contribution in [2.75, 3.05) is 56.6 Å². The number of nitrogens with zero attached hydrogens (tertiary/aromatic N) is 4. The molecule has 2 heterocycles. The molecule has 3 aromatic carbocycles. The highest BCUT2D eigenvalue weighted by Crippen LogP contribution is 2.28. The number of piperazine rings is 1. The Labute approximate surface area is 251 Å². The van der Waals surface area contributed by atoms with Gasteiger partial charge in [0, 0.05) is 45.0 Å². The highest BCUT2D eigenvalue weighted by atomic mass is 32.1. The summed E-state index contributed by atoms with van der Waals surface area (Å²) in [6, 6.07) is 22.5. The molecule has 0 bridgehead atoms. The van der Waals surface area contributed by atoms with Crippen LogP contribution in [0.3, 0.4) is 0 Å². The van der Waals surface area contributed by atoms with Crippen LogP contribution in [0.5, 0.6) is 5.75 Å². The van der Waals surface area contributed by atoms with Gasteiger partial charge in [-0.05, 0) is 79.3 Å². The van der Waals surface area contributed by atoms with Crippen LogP contribution < -0.4 is 15.0 Å². The summed E-state index contributed by atoms with van der Waals surface area (Å²) in [6.07, 6.45) is 0.737. The van der Waals surface area contributed by atoms with E-state index in [-0.39, 0.29) is 18.2 Å². The third-order valence-electron chi connectivity index (χ3n) is 7.74. The first-order valence-corrected chi connectivity index (χ1v) is 14.6. The highest BCUT2D eigenvalue weighted by molar-refractivity contribution is 7.80. The van der Waals surface area contributed by atoms with Gasteiger partial charge in [0.05, 0.1) is 19.2 Å². The Kier molecular flexibility index (Phi) is 9.78. The van der Waals surface area contributed by atoms with Crippen LogP contribution in [0.1, 0.15) is 18.4 Å². The quantitative estimate of drug-likeness (QED) is 0.333. The molecule has 0 aromatic heterocycles. The Bertz CT molecular complexity index is 1370. The van der Waals surface area contributed by atoms with Crippen LogP contribution in [0.15, 0.2) is 78.9 Å². The van der Waals surface area contributed by atoms with Crippen molar-refractivity contribution in [1.29, 1.82) is 0 Å². The summed E-state index contributed by atoms with van der Waals surface area (Å²) in [6.45, 7) is 6.32. The Balaban J connectivity index is 1.20. The van der Waals surface area contributed by atoms with Gasteiger partial charge in [-0.1, -0.05) is 30.3 Å². The predicted octanol–water partition coefficient (Wildman–Crippen LogP) is 4.37. The number of hydrogen-bond donors (Lipinski definition) is 1. The number of hydrogen-bond acceptors (Lipinski definition) is 6. The number of benzene rings is 3. The minimum Gasteiger partial charge on any atom is -0.497 e. The van der Waals surface area contributed by atoms with Crippen LogP contribution in [-0.4, -0.2) is 84.0 Å². The molecule has 220 valence electrons. The van der Waals surface area contributed by atoms with Gasteiger partial charge in [0.15, 0.2) is 5.11 Å². The normalized spacial score (nSPS) is 18.0. The number of carbonyl (C=O) groups is 2. The molecule has 0 radical (unpaired) electrons. The van der Waals surface area contributed by atoms with Crippen molar-refractivity contribution in [1.82, 2.24) is 14.7 Å². The number of carbonyl (C=O) groups excluding carboxylic acids is 2. The van der Waals surface area contributed by atoms with Gasteiger partial charge in [0.2, 0.25) is 5.91 Å². The van der Waals surface area contributed by atoms with E-state index in [1.807, 2.05) is 11.0 Å². The molecule has 0 unspecified atom stereocenters. The van der Waals surface area contributed by atoms with Gasteiger partial charge in [-0.25, -0.2) is 4.39 Å². The zero-order valence-electron chi connectivity index (χ0n) is 23.7. The van der Waals surface area contributed by atoms with Gasteiger partial charge in [-0.15, -0.1) is 0 Å². The van der Waals surface area contributed by atoms with E-state index in [9.17, 15) is 14.0 Å². The lowest BCUT2D eigenvalue weighted by Gasteiger charge is -2.35. The largest absolute Gasteiger partial charge is 0.497 e. The lowest BCUT2D eigenvalue weighted by atomic mass is 10.1. The molecule has 8 nitrogen and oxygen atoms in total. The fourth-order valence-corrected chi connectivity index (χ4v) is 5.87. The van der Waals surface area contributed by atoms with Gasteiger partial charge in [-0.3, -0.25) is 19.4 Å². The second-order valence-corrected chi connectivity index (χ2v) is 10.9. The zero-order valence-corrected chi connectivity index (χ0v) is 24.6. The lowest BCUT2D eigenvalue weighted by Crippen LogP contribution is -2.47. The molecule has 5 rings (SSSR count). The van der Waals surface area contributed by atoms with Crippen molar-refractivity contribution in [2.45, 2.75) is 25.4 Å². The highest BCUT2D eigenvalue weighted by Gasteiger charge is 2.44. The molecule has 1 atom stereocenters. The molecule has 2 fully saturated rings. The van der Waals surface area contributed by atoms with Crippen molar-refractivity contribution in [3.05, 3.63) is 90.2 Å². The van der Waals surface area contributed by atoms with E-state index >= 15 is 0 Å². The summed E-state index contributed by atoms with van der Waals surface area (Å²) in [5, 5.41) is 3.20. The van der Waals surface area contributed by atoms with Gasteiger partial charge in [0.25, 0.3) is 5.91 Å². The van der Waals surface area contributed by atoms with Crippen molar-refractivity contribution in [3.8, 4) is 5.75 Å². The monoisotopic (exact) mass is 589 g/mol. The number of thiocarbonyl (C=S) groups is 1. The lowest BCUT2D eigenvalue weighted by molar-refractivity contribution is -0.124. The van der Waals surface area contributed by atoms with Crippen molar-refractivity contribution in [3.63, 3.8) is 0 Å². The van der Waals surface area contributed by atoms with Crippen molar-refractivity contribution < 1.29 is 18.7 Å². The van der Waals surface area contributed by atoms with E-state index in [1.54, 1.807) is 31.4 Å². The van der Waals surface area contributed by atoms with E-state index < -0.39 is 11.9 Å². The smallest absolute Gasteiger partial charge is 0.256 e. The fourth-order valence-electron chi connectivity index (χ4n) is 5.45. The van der Waals surface area contributed by atoms with Crippen LogP contribution in [0.4, 0.5) is 15.8 Å². The molecule has 2 saturated heterocycles. The Morgan fingerprint density at radius 1 is 0.929 bits per heavy atom. The minimum absolute atomic E-state index is 0.0547. The number of amides is 2. The number of anilines is 2. The molecular weight excluding hydrogens is 553 g/mol. The summed E-state index contributed by atoms with van der Waals surface area (Å²) in [5.74, 6) is -0.289. The molecule has 2 amide bonds. The molecule has 3 aromatic rings. The van der Waals surface area contributed by atoms with E-state index in [0.717, 1.165) is 45.7 Å². The molecule has 1 N–H and O–H groups in total. The predicted molar refractivity (Wildman–Crippen MR) is 166 cm³/mol. The van der Waals surface area contributed by atoms with Gasteiger partial charge in [-0.2, -0.15) is 0 Å². The number of rotatable bonds is 11. The van der Waals surface area contributed by atoms with Crippen molar-refractivity contribution >= 4 is 40.5 Å². The summed E-state index contributed by atoms with van der Waals surface area (Å²) >= 11 is 5.76. The molecular formula is C32H36FN5O3S. The van der Waals surface area contributed by atoms with Crippen LogP contribution in [0, 0.1) is 5.82 Å². The van der Waals surface area contributed by atoms with E-state index in [4.69, 9.17) is 17.0 Å². The van der Waals surface area contributed by atoms with E-state index in [2.05, 4.69) is 39.4 Å². The van der Waals surface area contributed by atoms with Gasteiger partial charge in [0.1, 0.15) is 17.6 Å². The Morgan fingerprint density at radius 2 is 1.60 bits per heavy atom. The number of halogens is 1. The average molecular weight is 590 g/mol. The number of methoxy groups -OCH3 is 1. The van der Waals surface area contributed by atoms with Crippen LogP contribution in [-0.2, 0) is 16.1 Å². The Morgan fingerprint density at radius 3 is 2.26 bits per heavy atom. The Hall–Kier alpha value is -3.86. The summed E-state index contributed by atoms with van der Waals surface area (Å²) in [7, 11) is 1.58. The second-order valence-electron chi connectivity index (χ2n) is 10.6. The second kappa shape index (κ2) is 13.9. The molecule has 10 heteroatoms. The van der Waals surface area contributed by atoms with Gasteiger partial charge >= 0.3 is 0 Å². The van der Waals surface area contributed by atoms with Crippen LogP contribution >= 0.6 is 12.2 Å². The first kappa shape index (κ1) is 29.6. The molecule has 42 heavy (non-hydrogen) atoms. The first-order valence-electron chi connectivity index (χ1n) is 14.2. The summed E-state index contributed by atoms with van der Waals surface area (Å²) in [5.41, 5.74) is 2.43. The molecule has 0 spiro atoms. The molecule has 0 aliphatic carbocycles. The van der Waals surface area contributed by atoms with Crippen molar-refractivity contribution in [2.24, 2.45) is 0 Å².